The summed E-state index contributed by atoms with van der Waals surface area (Å²) in [7, 11) is 0. The van der Waals surface area contributed by atoms with Gasteiger partial charge in [0.15, 0.2) is 23.3 Å². The molecule has 0 radical (unpaired) electrons. The van der Waals surface area contributed by atoms with E-state index in [2.05, 4.69) is 4.98 Å². The minimum atomic E-state index is -1.37. The molecule has 1 saturated carbocycles. The number of amides is 1. The van der Waals surface area contributed by atoms with E-state index in [1.807, 2.05) is 0 Å². The molecule has 1 heterocycles. The standard InChI is InChI=1S/C16H15ClN2O6/c1-7-18-11-3-8(2-10(17)15(11)25-7)14(22)9-4-12(9)19(6-21)13(5-20)16(23)24/h2-3,6,9,12-13,20H,4-5H2,1H3,(H,23,24)/t9-,12-,13-/m0/s1. The van der Waals surface area contributed by atoms with Crippen LogP contribution in [0, 0.1) is 12.8 Å². The largest absolute Gasteiger partial charge is 0.480 e. The molecule has 0 aliphatic heterocycles. The Bertz CT molecular complexity index is 864. The van der Waals surface area contributed by atoms with Gasteiger partial charge in [0.25, 0.3) is 0 Å². The first kappa shape index (κ1) is 17.4. The van der Waals surface area contributed by atoms with Gasteiger partial charge >= 0.3 is 5.97 Å². The summed E-state index contributed by atoms with van der Waals surface area (Å²) in [6.07, 6.45) is 0.680. The van der Waals surface area contributed by atoms with E-state index in [4.69, 9.17) is 21.1 Å². The second-order valence-electron chi connectivity index (χ2n) is 5.90. The maximum atomic E-state index is 12.7. The highest BCUT2D eigenvalue weighted by atomic mass is 35.5. The molecule has 1 fully saturated rings. The highest BCUT2D eigenvalue weighted by Gasteiger charge is 2.49. The number of oxazole rings is 1. The molecule has 8 nitrogen and oxygen atoms in total. The van der Waals surface area contributed by atoms with Crippen LogP contribution in [0.3, 0.4) is 0 Å². The van der Waals surface area contributed by atoms with E-state index in [1.54, 1.807) is 13.0 Å². The number of aliphatic hydroxyl groups is 1. The minimum Gasteiger partial charge on any atom is -0.480 e. The number of rotatable bonds is 7. The molecule has 2 N–H and O–H groups in total. The highest BCUT2D eigenvalue weighted by molar-refractivity contribution is 6.35. The Kier molecular flexibility index (Phi) is 4.49. The zero-order valence-corrected chi connectivity index (χ0v) is 13.9. The van der Waals surface area contributed by atoms with Gasteiger partial charge in [-0.2, -0.15) is 0 Å². The first-order valence-electron chi connectivity index (χ1n) is 7.54. The van der Waals surface area contributed by atoms with Crippen molar-refractivity contribution in [1.82, 2.24) is 9.88 Å². The van der Waals surface area contributed by atoms with Crippen molar-refractivity contribution in [3.8, 4) is 0 Å². The van der Waals surface area contributed by atoms with E-state index in [0.717, 1.165) is 4.90 Å². The van der Waals surface area contributed by atoms with Gasteiger partial charge in [0.1, 0.15) is 5.52 Å². The summed E-state index contributed by atoms with van der Waals surface area (Å²) in [6, 6.07) is 1.09. The van der Waals surface area contributed by atoms with Gasteiger partial charge < -0.3 is 19.5 Å². The molecule has 0 saturated heterocycles. The third kappa shape index (κ3) is 3.10. The van der Waals surface area contributed by atoms with Gasteiger partial charge in [-0.05, 0) is 18.6 Å². The molecule has 1 aliphatic rings. The number of aliphatic carboxylic acids is 1. The maximum Gasteiger partial charge on any atom is 0.328 e. The smallest absolute Gasteiger partial charge is 0.328 e. The van der Waals surface area contributed by atoms with E-state index < -0.39 is 30.6 Å². The summed E-state index contributed by atoms with van der Waals surface area (Å²) in [5, 5.41) is 18.5. The molecule has 25 heavy (non-hydrogen) atoms. The number of halogens is 1. The fraction of sp³-hybridized carbons (Fsp3) is 0.375. The summed E-state index contributed by atoms with van der Waals surface area (Å²) in [5.41, 5.74) is 1.17. The van der Waals surface area contributed by atoms with Crippen molar-refractivity contribution in [2.75, 3.05) is 6.61 Å². The second kappa shape index (κ2) is 6.45. The number of nitrogens with zero attached hydrogens (tertiary/aromatic N) is 2. The summed E-state index contributed by atoms with van der Waals surface area (Å²) in [5.74, 6) is -1.70. The number of Topliss-reactive ketones (excluding diaryl/α,β-unsaturated/α-hetero) is 1. The third-order valence-electron chi connectivity index (χ3n) is 4.25. The van der Waals surface area contributed by atoms with Crippen LogP contribution in [0.25, 0.3) is 11.1 Å². The number of carbonyl (C=O) groups excluding carboxylic acids is 2. The Labute approximate surface area is 147 Å². The number of carboxylic acids is 1. The monoisotopic (exact) mass is 366 g/mol. The molecule has 0 unspecified atom stereocenters. The van der Waals surface area contributed by atoms with Gasteiger partial charge in [-0.25, -0.2) is 9.78 Å². The Morgan fingerprint density at radius 3 is 2.84 bits per heavy atom. The van der Waals surface area contributed by atoms with Gasteiger partial charge in [0.2, 0.25) is 6.41 Å². The highest BCUT2D eigenvalue weighted by Crippen LogP contribution is 2.40. The number of hydrogen-bond acceptors (Lipinski definition) is 6. The van der Waals surface area contributed by atoms with E-state index in [0.29, 0.717) is 35.4 Å². The maximum absolute atomic E-state index is 12.7. The lowest BCUT2D eigenvalue weighted by atomic mass is 10.1. The summed E-state index contributed by atoms with van der Waals surface area (Å²) >= 11 is 6.12. The number of fused-ring (bicyclic) bond motifs is 1. The molecule has 3 rings (SSSR count). The molecule has 132 valence electrons. The van der Waals surface area contributed by atoms with Crippen molar-refractivity contribution in [3.05, 3.63) is 28.6 Å². The lowest BCUT2D eigenvalue weighted by molar-refractivity contribution is -0.148. The number of benzene rings is 1. The van der Waals surface area contributed by atoms with Gasteiger partial charge in [-0.1, -0.05) is 11.6 Å². The molecule has 3 atom stereocenters. The number of ketones is 1. The Hall–Kier alpha value is -2.45. The van der Waals surface area contributed by atoms with Gasteiger partial charge in [0.05, 0.1) is 11.6 Å². The SMILES string of the molecule is Cc1nc2cc(C(=O)[C@H]3C[C@@H]3N(C=O)[C@@H](CO)C(=O)O)cc(Cl)c2o1. The van der Waals surface area contributed by atoms with Crippen molar-refractivity contribution >= 4 is 40.9 Å². The fourth-order valence-corrected chi connectivity index (χ4v) is 3.19. The van der Waals surface area contributed by atoms with Crippen LogP contribution in [0.15, 0.2) is 16.5 Å². The van der Waals surface area contributed by atoms with Crippen LogP contribution in [0.4, 0.5) is 0 Å². The van der Waals surface area contributed by atoms with Gasteiger partial charge in [0, 0.05) is 24.4 Å². The molecule has 1 amide bonds. The normalized spacial score (nSPS) is 20.3. The topological polar surface area (TPSA) is 121 Å². The van der Waals surface area contributed by atoms with Crippen LogP contribution < -0.4 is 0 Å². The Morgan fingerprint density at radius 2 is 2.24 bits per heavy atom. The average Bonchev–Trinajstić information content (AvgIpc) is 3.25. The van der Waals surface area contributed by atoms with E-state index in [9.17, 15) is 19.5 Å². The van der Waals surface area contributed by atoms with Gasteiger partial charge in [-0.15, -0.1) is 0 Å². The quantitative estimate of drug-likeness (QED) is 0.559. The van der Waals surface area contributed by atoms with E-state index in [1.165, 1.54) is 6.07 Å². The van der Waals surface area contributed by atoms with Gasteiger partial charge in [-0.3, -0.25) is 9.59 Å². The number of aromatic nitrogens is 1. The lowest BCUT2D eigenvalue weighted by Crippen LogP contribution is -2.45. The van der Waals surface area contributed by atoms with Crippen LogP contribution in [-0.2, 0) is 9.59 Å². The Balaban J connectivity index is 1.83. The summed E-state index contributed by atoms with van der Waals surface area (Å²) < 4.78 is 5.36. The fourth-order valence-electron chi connectivity index (χ4n) is 2.94. The second-order valence-corrected chi connectivity index (χ2v) is 6.31. The molecular weight excluding hydrogens is 352 g/mol. The zero-order valence-electron chi connectivity index (χ0n) is 13.2. The lowest BCUT2D eigenvalue weighted by Gasteiger charge is -2.23. The Morgan fingerprint density at radius 1 is 1.52 bits per heavy atom. The molecule has 9 heteroatoms. The third-order valence-corrected chi connectivity index (χ3v) is 4.53. The van der Waals surface area contributed by atoms with Crippen LogP contribution >= 0.6 is 11.6 Å². The number of aryl methyl sites for hydroxylation is 1. The minimum absolute atomic E-state index is 0.254. The predicted octanol–water partition coefficient (Wildman–Crippen LogP) is 1.26. The van der Waals surface area contributed by atoms with Crippen molar-refractivity contribution in [3.63, 3.8) is 0 Å². The molecule has 1 aromatic heterocycles. The van der Waals surface area contributed by atoms with Crippen LogP contribution in [0.2, 0.25) is 5.02 Å². The van der Waals surface area contributed by atoms with Crippen LogP contribution in [0.1, 0.15) is 22.7 Å². The molecule has 1 aromatic carbocycles. The zero-order chi connectivity index (χ0) is 18.3. The summed E-state index contributed by atoms with van der Waals surface area (Å²) in [4.78, 5) is 40.1. The summed E-state index contributed by atoms with van der Waals surface area (Å²) in [6.45, 7) is 0.944. The molecule has 1 aliphatic carbocycles. The number of carbonyl (C=O) groups is 3. The molecule has 0 bridgehead atoms. The number of aliphatic hydroxyl groups excluding tert-OH is 1. The number of hydrogen-bond donors (Lipinski definition) is 2. The van der Waals surface area contributed by atoms with Crippen LogP contribution in [-0.4, -0.2) is 57.0 Å². The van der Waals surface area contributed by atoms with Crippen LogP contribution in [0.5, 0.6) is 0 Å². The molecule has 2 aromatic rings. The van der Waals surface area contributed by atoms with Crippen molar-refractivity contribution < 1.29 is 29.0 Å². The first-order valence-corrected chi connectivity index (χ1v) is 7.92. The van der Waals surface area contributed by atoms with E-state index >= 15 is 0 Å². The molecule has 0 spiro atoms. The first-order chi connectivity index (χ1) is 11.9. The number of carboxylic acid groups (broad SMARTS) is 1. The van der Waals surface area contributed by atoms with E-state index in [-0.39, 0.29) is 10.8 Å². The average molecular weight is 367 g/mol. The van der Waals surface area contributed by atoms with Crippen molar-refractivity contribution in [1.29, 1.82) is 0 Å². The predicted molar refractivity (Wildman–Crippen MR) is 86.4 cm³/mol. The molecular formula is C16H15ClN2O6. The van der Waals surface area contributed by atoms with Crippen molar-refractivity contribution in [2.24, 2.45) is 5.92 Å². The van der Waals surface area contributed by atoms with Crippen molar-refractivity contribution in [2.45, 2.75) is 25.4 Å².